The summed E-state index contributed by atoms with van der Waals surface area (Å²) in [5.41, 5.74) is 2.61. The van der Waals surface area contributed by atoms with Crippen molar-refractivity contribution in [3.8, 4) is 16.3 Å². The lowest BCUT2D eigenvalue weighted by Gasteiger charge is -2.05. The fourth-order valence-electron chi connectivity index (χ4n) is 3.04. The molecule has 0 bridgehead atoms. The number of methoxy groups -OCH3 is 1. The molecule has 0 unspecified atom stereocenters. The Balaban J connectivity index is 1.39. The molecule has 5 heteroatoms. The van der Waals surface area contributed by atoms with Crippen molar-refractivity contribution in [1.82, 2.24) is 4.98 Å². The average molecular weight is 389 g/mol. The standard InChI is InChI=1S/C23H19NO3S/c1-26-21-9-5-4-8-20(21)23-24-19(15-28-23)14-27-22(25)13-16-10-11-17-6-2-3-7-18(17)12-16/h2-12,15H,13-14H2,1H3. The summed E-state index contributed by atoms with van der Waals surface area (Å²) < 4.78 is 10.8. The van der Waals surface area contributed by atoms with E-state index in [-0.39, 0.29) is 19.0 Å². The van der Waals surface area contributed by atoms with E-state index in [2.05, 4.69) is 11.1 Å². The van der Waals surface area contributed by atoms with Gasteiger partial charge in [0.15, 0.2) is 0 Å². The summed E-state index contributed by atoms with van der Waals surface area (Å²) in [7, 11) is 1.64. The third kappa shape index (κ3) is 4.05. The van der Waals surface area contributed by atoms with Crippen LogP contribution in [0.15, 0.2) is 72.1 Å². The van der Waals surface area contributed by atoms with Gasteiger partial charge in [-0.15, -0.1) is 11.3 Å². The number of rotatable bonds is 6. The molecule has 0 saturated heterocycles. The number of thiazole rings is 1. The van der Waals surface area contributed by atoms with Gasteiger partial charge >= 0.3 is 5.97 Å². The molecule has 0 spiro atoms. The van der Waals surface area contributed by atoms with Gasteiger partial charge in [0.25, 0.3) is 0 Å². The van der Waals surface area contributed by atoms with Gasteiger partial charge in [0.2, 0.25) is 0 Å². The van der Waals surface area contributed by atoms with Gasteiger partial charge in [-0.3, -0.25) is 4.79 Å². The third-order valence-electron chi connectivity index (χ3n) is 4.43. The van der Waals surface area contributed by atoms with E-state index in [1.807, 2.05) is 66.0 Å². The zero-order valence-electron chi connectivity index (χ0n) is 15.4. The van der Waals surface area contributed by atoms with Crippen LogP contribution in [0.5, 0.6) is 5.75 Å². The topological polar surface area (TPSA) is 48.4 Å². The molecule has 4 rings (SSSR count). The monoisotopic (exact) mass is 389 g/mol. The molecule has 0 fully saturated rings. The molecule has 0 atom stereocenters. The second-order valence-electron chi connectivity index (χ2n) is 6.36. The zero-order chi connectivity index (χ0) is 19.3. The number of hydrogen-bond acceptors (Lipinski definition) is 5. The highest BCUT2D eigenvalue weighted by Crippen LogP contribution is 2.32. The first-order chi connectivity index (χ1) is 13.7. The maximum Gasteiger partial charge on any atom is 0.310 e. The number of carbonyl (C=O) groups is 1. The molecule has 140 valence electrons. The SMILES string of the molecule is COc1ccccc1-c1nc(COC(=O)Cc2ccc3ccccc3c2)cs1. The Bertz CT molecular complexity index is 1120. The van der Waals surface area contributed by atoms with Crippen molar-refractivity contribution < 1.29 is 14.3 Å². The quantitative estimate of drug-likeness (QED) is 0.422. The Morgan fingerprint density at radius 2 is 1.79 bits per heavy atom. The van der Waals surface area contributed by atoms with Gasteiger partial charge in [-0.25, -0.2) is 4.98 Å². The smallest absolute Gasteiger partial charge is 0.310 e. The molecule has 28 heavy (non-hydrogen) atoms. The Morgan fingerprint density at radius 1 is 1.00 bits per heavy atom. The maximum absolute atomic E-state index is 12.2. The Hall–Kier alpha value is -3.18. The van der Waals surface area contributed by atoms with Crippen molar-refractivity contribution in [1.29, 1.82) is 0 Å². The number of fused-ring (bicyclic) bond motifs is 1. The van der Waals surface area contributed by atoms with Gasteiger partial charge in [0.1, 0.15) is 17.4 Å². The predicted molar refractivity (Wildman–Crippen MR) is 112 cm³/mol. The van der Waals surface area contributed by atoms with Crippen LogP contribution in [0.25, 0.3) is 21.3 Å². The Labute approximate surface area is 167 Å². The van der Waals surface area contributed by atoms with Gasteiger partial charge < -0.3 is 9.47 Å². The van der Waals surface area contributed by atoms with Crippen LogP contribution in [0.4, 0.5) is 0 Å². The molecule has 0 amide bonds. The predicted octanol–water partition coefficient (Wildman–Crippen LogP) is 5.26. The van der Waals surface area contributed by atoms with Crippen LogP contribution in [-0.4, -0.2) is 18.1 Å². The van der Waals surface area contributed by atoms with E-state index in [0.717, 1.165) is 38.4 Å². The third-order valence-corrected chi connectivity index (χ3v) is 5.36. The van der Waals surface area contributed by atoms with Crippen molar-refractivity contribution in [3.63, 3.8) is 0 Å². The summed E-state index contributed by atoms with van der Waals surface area (Å²) in [6.07, 6.45) is 0.244. The first kappa shape index (κ1) is 18.2. The van der Waals surface area contributed by atoms with Crippen molar-refractivity contribution in [2.24, 2.45) is 0 Å². The highest BCUT2D eigenvalue weighted by molar-refractivity contribution is 7.13. The number of ether oxygens (including phenoxy) is 2. The summed E-state index contributed by atoms with van der Waals surface area (Å²) in [5, 5.41) is 5.03. The van der Waals surface area contributed by atoms with Crippen LogP contribution in [0.2, 0.25) is 0 Å². The molecule has 0 aliphatic rings. The van der Waals surface area contributed by atoms with Crippen LogP contribution < -0.4 is 4.74 Å². The van der Waals surface area contributed by atoms with Crippen LogP contribution in [0, 0.1) is 0 Å². The number of benzene rings is 3. The van der Waals surface area contributed by atoms with Gasteiger partial charge in [-0.05, 0) is 28.5 Å². The second kappa shape index (κ2) is 8.23. The minimum Gasteiger partial charge on any atom is -0.496 e. The van der Waals surface area contributed by atoms with Crippen molar-refractivity contribution >= 4 is 28.1 Å². The normalized spacial score (nSPS) is 10.8. The lowest BCUT2D eigenvalue weighted by Crippen LogP contribution is -2.08. The summed E-state index contributed by atoms with van der Waals surface area (Å²) in [6.45, 7) is 0.165. The van der Waals surface area contributed by atoms with Crippen LogP contribution in [0.1, 0.15) is 11.3 Å². The number of esters is 1. The fraction of sp³-hybridized carbons (Fsp3) is 0.130. The summed E-state index contributed by atoms with van der Waals surface area (Å²) >= 11 is 1.51. The molecule has 0 radical (unpaired) electrons. The van der Waals surface area contributed by atoms with Crippen molar-refractivity contribution in [3.05, 3.63) is 83.4 Å². The van der Waals surface area contributed by atoms with Gasteiger partial charge in [-0.2, -0.15) is 0 Å². The molecule has 4 nitrogen and oxygen atoms in total. The highest BCUT2D eigenvalue weighted by atomic mass is 32.1. The van der Waals surface area contributed by atoms with Crippen LogP contribution >= 0.6 is 11.3 Å². The van der Waals surface area contributed by atoms with Gasteiger partial charge in [-0.1, -0.05) is 54.6 Å². The molecular formula is C23H19NO3S. The second-order valence-corrected chi connectivity index (χ2v) is 7.22. The Kier molecular flexibility index (Phi) is 5.35. The Morgan fingerprint density at radius 3 is 2.64 bits per heavy atom. The first-order valence-electron chi connectivity index (χ1n) is 8.94. The van der Waals surface area contributed by atoms with E-state index in [1.165, 1.54) is 11.3 Å². The molecule has 1 heterocycles. The van der Waals surface area contributed by atoms with E-state index in [9.17, 15) is 4.79 Å². The average Bonchev–Trinajstić information content (AvgIpc) is 3.21. The number of hydrogen-bond donors (Lipinski definition) is 0. The molecular weight excluding hydrogens is 370 g/mol. The summed E-state index contributed by atoms with van der Waals surface area (Å²) in [4.78, 5) is 16.8. The lowest BCUT2D eigenvalue weighted by atomic mass is 10.1. The lowest BCUT2D eigenvalue weighted by molar-refractivity contribution is -0.144. The van der Waals surface area contributed by atoms with E-state index in [1.54, 1.807) is 7.11 Å². The molecule has 4 aromatic rings. The molecule has 0 N–H and O–H groups in total. The minimum absolute atomic E-state index is 0.165. The summed E-state index contributed by atoms with van der Waals surface area (Å²) in [5.74, 6) is 0.513. The number of carbonyl (C=O) groups excluding carboxylic acids is 1. The first-order valence-corrected chi connectivity index (χ1v) is 9.82. The van der Waals surface area contributed by atoms with E-state index in [4.69, 9.17) is 9.47 Å². The van der Waals surface area contributed by atoms with Crippen molar-refractivity contribution in [2.45, 2.75) is 13.0 Å². The van der Waals surface area contributed by atoms with Crippen LogP contribution in [-0.2, 0) is 22.6 Å². The fourth-order valence-corrected chi connectivity index (χ4v) is 3.87. The number of nitrogens with zero attached hydrogens (tertiary/aromatic N) is 1. The highest BCUT2D eigenvalue weighted by Gasteiger charge is 2.12. The largest absolute Gasteiger partial charge is 0.496 e. The minimum atomic E-state index is -0.262. The molecule has 1 aromatic heterocycles. The molecule has 3 aromatic carbocycles. The molecule has 0 aliphatic carbocycles. The van der Waals surface area contributed by atoms with Gasteiger partial charge in [0.05, 0.1) is 24.8 Å². The number of aromatic nitrogens is 1. The van der Waals surface area contributed by atoms with E-state index in [0.29, 0.717) is 0 Å². The summed E-state index contributed by atoms with van der Waals surface area (Å²) in [6, 6.07) is 21.8. The van der Waals surface area contributed by atoms with Crippen LogP contribution in [0.3, 0.4) is 0 Å². The maximum atomic E-state index is 12.2. The number of para-hydroxylation sites is 1. The molecule has 0 aliphatic heterocycles. The molecule has 0 saturated carbocycles. The van der Waals surface area contributed by atoms with E-state index < -0.39 is 0 Å². The van der Waals surface area contributed by atoms with E-state index >= 15 is 0 Å². The van der Waals surface area contributed by atoms with Gasteiger partial charge in [0, 0.05) is 5.38 Å². The zero-order valence-corrected chi connectivity index (χ0v) is 16.2. The van der Waals surface area contributed by atoms with Crippen molar-refractivity contribution in [2.75, 3.05) is 7.11 Å².